The molecule has 11 aromatic rings. The van der Waals surface area contributed by atoms with Crippen LogP contribution in [0.25, 0.3) is 78.6 Å². The zero-order valence-electron chi connectivity index (χ0n) is 35.5. The van der Waals surface area contributed by atoms with Crippen molar-refractivity contribution < 1.29 is 4.42 Å². The van der Waals surface area contributed by atoms with Crippen LogP contribution in [0.3, 0.4) is 0 Å². The lowest BCUT2D eigenvalue weighted by Gasteiger charge is -2.35. The minimum Gasteiger partial charge on any atom is -0.455 e. The molecule has 0 saturated heterocycles. The molecule has 1 spiro atoms. The summed E-state index contributed by atoms with van der Waals surface area (Å²) in [6, 6.07) is 86.2. The van der Waals surface area contributed by atoms with Crippen LogP contribution in [0.1, 0.15) is 33.4 Å². The van der Waals surface area contributed by atoms with E-state index in [1.165, 1.54) is 66.8 Å². The molecule has 0 saturated carbocycles. The fourth-order valence-corrected chi connectivity index (χ4v) is 10.9. The van der Waals surface area contributed by atoms with Crippen LogP contribution in [0.15, 0.2) is 241 Å². The Balaban J connectivity index is 0.936. The molecule has 10 aromatic carbocycles. The molecule has 0 fully saturated rings. The molecule has 13 rings (SSSR count). The normalized spacial score (nSPS) is 13.0. The van der Waals surface area contributed by atoms with E-state index in [1.54, 1.807) is 0 Å². The van der Waals surface area contributed by atoms with Crippen molar-refractivity contribution in [3.8, 4) is 44.5 Å². The molecule has 2 heteroatoms. The zero-order chi connectivity index (χ0) is 42.9. The average Bonchev–Trinajstić information content (AvgIpc) is 3.86. The van der Waals surface area contributed by atoms with Crippen LogP contribution >= 0.6 is 0 Å². The molecule has 0 N–H and O–H groups in total. The van der Waals surface area contributed by atoms with Gasteiger partial charge >= 0.3 is 0 Å². The minimum absolute atomic E-state index is 0.469. The van der Waals surface area contributed by atoms with Crippen molar-refractivity contribution in [1.29, 1.82) is 0 Å². The monoisotopic (exact) mass is 827 g/mol. The predicted octanol–water partition coefficient (Wildman–Crippen LogP) is 16.9. The largest absolute Gasteiger partial charge is 0.455 e. The maximum absolute atomic E-state index is 6.45. The molecular formula is C63H41NO. The van der Waals surface area contributed by atoms with Crippen molar-refractivity contribution in [1.82, 2.24) is 0 Å². The van der Waals surface area contributed by atoms with Crippen LogP contribution in [0.2, 0.25) is 0 Å². The number of benzene rings is 10. The number of hydrogen-bond acceptors (Lipinski definition) is 2. The maximum atomic E-state index is 6.45. The van der Waals surface area contributed by atoms with Crippen LogP contribution < -0.4 is 4.90 Å². The molecule has 0 amide bonds. The molecule has 1 aromatic heterocycles. The number of anilines is 3. The van der Waals surface area contributed by atoms with E-state index in [0.717, 1.165) is 50.1 Å². The third-order valence-corrected chi connectivity index (χ3v) is 13.8. The molecular weight excluding hydrogens is 787 g/mol. The van der Waals surface area contributed by atoms with Crippen molar-refractivity contribution in [2.45, 2.75) is 5.41 Å². The van der Waals surface area contributed by atoms with Crippen LogP contribution in [-0.4, -0.2) is 0 Å². The zero-order valence-corrected chi connectivity index (χ0v) is 35.5. The van der Waals surface area contributed by atoms with Gasteiger partial charge in [0.05, 0.1) is 5.41 Å². The highest BCUT2D eigenvalue weighted by atomic mass is 16.3. The Kier molecular flexibility index (Phi) is 8.47. The highest BCUT2D eigenvalue weighted by Crippen LogP contribution is 2.60. The Morgan fingerprint density at radius 2 is 0.769 bits per heavy atom. The van der Waals surface area contributed by atoms with E-state index in [2.05, 4.69) is 242 Å². The lowest BCUT2D eigenvalue weighted by molar-refractivity contribution is 0.670. The van der Waals surface area contributed by atoms with E-state index < -0.39 is 5.41 Å². The summed E-state index contributed by atoms with van der Waals surface area (Å²) in [5.41, 5.74) is 21.9. The first-order valence-electron chi connectivity index (χ1n) is 22.4. The van der Waals surface area contributed by atoms with Gasteiger partial charge in [-0.05, 0) is 115 Å². The van der Waals surface area contributed by atoms with Gasteiger partial charge in [0.1, 0.15) is 11.2 Å². The van der Waals surface area contributed by atoms with Gasteiger partial charge in [-0.25, -0.2) is 0 Å². The quantitative estimate of drug-likeness (QED) is 0.166. The molecule has 0 radical (unpaired) electrons. The molecule has 1 heterocycles. The SMILES string of the molecule is C1=Cc2ccccc2C2(c3ccccc31)c1ccccc1-c1c(-c3ccc(N(c4ccc(-c5ccccc5)cc4)c4ccc(-c5cccc6c5oc5ccccc56)cc4)cc3)cccc12. The Labute approximate surface area is 378 Å². The third-order valence-electron chi connectivity index (χ3n) is 13.8. The molecule has 0 unspecified atom stereocenters. The number of furan rings is 1. The topological polar surface area (TPSA) is 16.4 Å². The minimum atomic E-state index is -0.469. The molecule has 0 bridgehead atoms. The number of para-hydroxylation sites is 2. The maximum Gasteiger partial charge on any atom is 0.143 e. The van der Waals surface area contributed by atoms with Crippen molar-refractivity contribution in [2.75, 3.05) is 4.90 Å². The Morgan fingerprint density at radius 3 is 1.45 bits per heavy atom. The van der Waals surface area contributed by atoms with Crippen LogP contribution in [0.4, 0.5) is 17.1 Å². The van der Waals surface area contributed by atoms with Crippen molar-refractivity contribution in [3.05, 3.63) is 270 Å². The summed E-state index contributed by atoms with van der Waals surface area (Å²) in [4.78, 5) is 2.36. The first kappa shape index (κ1) is 37.1. The van der Waals surface area contributed by atoms with Gasteiger partial charge in [0.15, 0.2) is 0 Å². The fourth-order valence-electron chi connectivity index (χ4n) is 10.9. The lowest BCUT2D eigenvalue weighted by atomic mass is 9.66. The van der Waals surface area contributed by atoms with E-state index in [0.29, 0.717) is 0 Å². The van der Waals surface area contributed by atoms with Crippen LogP contribution in [0.5, 0.6) is 0 Å². The third kappa shape index (κ3) is 5.74. The van der Waals surface area contributed by atoms with Gasteiger partial charge in [0, 0.05) is 33.4 Å². The van der Waals surface area contributed by atoms with E-state index in [4.69, 9.17) is 4.42 Å². The first-order valence-corrected chi connectivity index (χ1v) is 22.4. The van der Waals surface area contributed by atoms with Crippen LogP contribution in [-0.2, 0) is 5.41 Å². The molecule has 65 heavy (non-hydrogen) atoms. The smallest absolute Gasteiger partial charge is 0.143 e. The van der Waals surface area contributed by atoms with Crippen molar-refractivity contribution in [3.63, 3.8) is 0 Å². The highest BCUT2D eigenvalue weighted by Gasteiger charge is 2.49. The highest BCUT2D eigenvalue weighted by molar-refractivity contribution is 6.09. The summed E-state index contributed by atoms with van der Waals surface area (Å²) in [7, 11) is 0. The summed E-state index contributed by atoms with van der Waals surface area (Å²) < 4.78 is 6.45. The second-order valence-corrected chi connectivity index (χ2v) is 17.2. The van der Waals surface area contributed by atoms with Crippen molar-refractivity contribution >= 4 is 51.2 Å². The Bertz CT molecular complexity index is 3580. The molecule has 304 valence electrons. The van der Waals surface area contributed by atoms with Crippen LogP contribution in [0, 0.1) is 0 Å². The summed E-state index contributed by atoms with van der Waals surface area (Å²) in [6.45, 7) is 0. The number of hydrogen-bond donors (Lipinski definition) is 0. The van der Waals surface area contributed by atoms with E-state index in [-0.39, 0.29) is 0 Å². The van der Waals surface area contributed by atoms with Gasteiger partial charge < -0.3 is 9.32 Å². The number of rotatable bonds is 6. The number of fused-ring (bicyclic) bond motifs is 12. The van der Waals surface area contributed by atoms with Gasteiger partial charge in [-0.2, -0.15) is 0 Å². The molecule has 2 aliphatic carbocycles. The summed E-state index contributed by atoms with van der Waals surface area (Å²) in [6.07, 6.45) is 4.59. The molecule has 0 atom stereocenters. The molecule has 2 aliphatic rings. The van der Waals surface area contributed by atoms with Gasteiger partial charge in [-0.15, -0.1) is 0 Å². The van der Waals surface area contributed by atoms with Gasteiger partial charge in [-0.3, -0.25) is 0 Å². The summed E-state index contributed by atoms with van der Waals surface area (Å²) in [5.74, 6) is 0. The number of nitrogens with zero attached hydrogens (tertiary/aromatic N) is 1. The van der Waals surface area contributed by atoms with Crippen molar-refractivity contribution in [2.24, 2.45) is 0 Å². The van der Waals surface area contributed by atoms with E-state index in [9.17, 15) is 0 Å². The second-order valence-electron chi connectivity index (χ2n) is 17.2. The second kappa shape index (κ2) is 14.8. The summed E-state index contributed by atoms with van der Waals surface area (Å²) in [5, 5.41) is 2.27. The predicted molar refractivity (Wildman–Crippen MR) is 271 cm³/mol. The Morgan fingerprint density at radius 1 is 0.308 bits per heavy atom. The molecule has 2 nitrogen and oxygen atoms in total. The Hall–Kier alpha value is -8.46. The van der Waals surface area contributed by atoms with Gasteiger partial charge in [0.25, 0.3) is 0 Å². The standard InChI is InChI=1S/C63H41NO/c1-2-14-42(15-3-1)43-30-36-48(37-31-43)64(50-40-34-45(35-41-50)52-21-12-22-54-53-18-7-11-27-60(53)65-62(52)54)49-38-32-44(33-39-49)51-20-13-26-59-61(51)55-19-6-10-25-58(55)63(59)56-23-8-4-16-46(56)28-29-47-17-5-9-24-57(47)63/h1-41H. The molecule has 0 aliphatic heterocycles. The average molecular weight is 828 g/mol. The van der Waals surface area contributed by atoms with Gasteiger partial charge in [0.2, 0.25) is 0 Å². The lowest BCUT2D eigenvalue weighted by Crippen LogP contribution is -2.29. The van der Waals surface area contributed by atoms with E-state index in [1.807, 2.05) is 12.1 Å². The van der Waals surface area contributed by atoms with Gasteiger partial charge in [-0.1, -0.05) is 206 Å². The first-order chi connectivity index (χ1) is 32.2. The van der Waals surface area contributed by atoms with E-state index >= 15 is 0 Å². The summed E-state index contributed by atoms with van der Waals surface area (Å²) >= 11 is 0. The fraction of sp³-hybridized carbons (Fsp3) is 0.0159.